The van der Waals surface area contributed by atoms with Crippen LogP contribution in [0, 0.1) is 12.8 Å². The van der Waals surface area contributed by atoms with Crippen LogP contribution in [-0.2, 0) is 4.79 Å². The first-order chi connectivity index (χ1) is 11.8. The van der Waals surface area contributed by atoms with Crippen LogP contribution in [0.5, 0.6) is 5.75 Å². The van der Waals surface area contributed by atoms with Gasteiger partial charge in [0.1, 0.15) is 11.3 Å². The Bertz CT molecular complexity index is 826. The van der Waals surface area contributed by atoms with E-state index in [1.54, 1.807) is 18.2 Å². The molecule has 0 aliphatic heterocycles. The summed E-state index contributed by atoms with van der Waals surface area (Å²) in [5, 5.41) is 5.59. The summed E-state index contributed by atoms with van der Waals surface area (Å²) in [5.74, 6) is 0.278. The summed E-state index contributed by atoms with van der Waals surface area (Å²) in [7, 11) is 0. The molecule has 0 unspecified atom stereocenters. The minimum atomic E-state index is -0.562. The van der Waals surface area contributed by atoms with Crippen LogP contribution >= 0.6 is 0 Å². The third kappa shape index (κ3) is 5.63. The van der Waals surface area contributed by atoms with Gasteiger partial charge in [-0.2, -0.15) is 0 Å². The first kappa shape index (κ1) is 18.5. The second kappa shape index (κ2) is 8.32. The molecule has 1 aromatic heterocycles. The third-order valence-electron chi connectivity index (χ3n) is 3.55. The van der Waals surface area contributed by atoms with Crippen LogP contribution in [0.2, 0.25) is 0 Å². The fraction of sp³-hybridized carbons (Fsp3) is 0.389. The van der Waals surface area contributed by atoms with Gasteiger partial charge in [-0.25, -0.2) is 9.59 Å². The van der Waals surface area contributed by atoms with Crippen LogP contribution in [0.4, 0.5) is 4.79 Å². The molecular formula is C18H22N2O5. The van der Waals surface area contributed by atoms with Crippen molar-refractivity contribution in [1.82, 2.24) is 10.6 Å². The topological polar surface area (TPSA) is 97.6 Å². The average molecular weight is 346 g/mol. The van der Waals surface area contributed by atoms with E-state index in [2.05, 4.69) is 10.6 Å². The minimum Gasteiger partial charge on any atom is -0.484 e. The molecule has 0 bridgehead atoms. The van der Waals surface area contributed by atoms with Crippen LogP contribution in [0.25, 0.3) is 11.0 Å². The number of nitrogens with one attached hydrogen (secondary N) is 2. The Morgan fingerprint density at radius 1 is 1.24 bits per heavy atom. The Labute approximate surface area is 145 Å². The Kier molecular flexibility index (Phi) is 6.16. The summed E-state index contributed by atoms with van der Waals surface area (Å²) in [5.41, 5.74) is 0.737. The van der Waals surface area contributed by atoms with Crippen molar-refractivity contribution in [2.45, 2.75) is 27.2 Å². The zero-order valence-corrected chi connectivity index (χ0v) is 14.5. The first-order valence-electron chi connectivity index (χ1n) is 8.10. The number of hydrogen-bond donors (Lipinski definition) is 2. The normalized spacial score (nSPS) is 10.7. The van der Waals surface area contributed by atoms with Gasteiger partial charge in [0.15, 0.2) is 6.61 Å². The van der Waals surface area contributed by atoms with E-state index < -0.39 is 17.6 Å². The molecule has 0 aliphatic carbocycles. The van der Waals surface area contributed by atoms with E-state index in [-0.39, 0.29) is 6.61 Å². The maximum Gasteiger partial charge on any atom is 0.336 e. The number of amides is 3. The molecular weight excluding hydrogens is 324 g/mol. The molecule has 2 rings (SSSR count). The highest BCUT2D eigenvalue weighted by atomic mass is 16.5. The lowest BCUT2D eigenvalue weighted by Crippen LogP contribution is -2.42. The molecule has 0 saturated carbocycles. The van der Waals surface area contributed by atoms with Gasteiger partial charge in [0.25, 0.3) is 5.91 Å². The summed E-state index contributed by atoms with van der Waals surface area (Å²) in [6.07, 6.45) is 0.833. The second-order valence-electron chi connectivity index (χ2n) is 6.18. The number of urea groups is 1. The second-order valence-corrected chi connectivity index (χ2v) is 6.18. The van der Waals surface area contributed by atoms with Crippen molar-refractivity contribution in [2.24, 2.45) is 5.92 Å². The highest BCUT2D eigenvalue weighted by Gasteiger charge is 2.09. The summed E-state index contributed by atoms with van der Waals surface area (Å²) in [6, 6.07) is 5.83. The van der Waals surface area contributed by atoms with Crippen molar-refractivity contribution in [2.75, 3.05) is 13.2 Å². The van der Waals surface area contributed by atoms with Gasteiger partial charge in [0.2, 0.25) is 0 Å². The van der Waals surface area contributed by atoms with E-state index in [1.165, 1.54) is 6.07 Å². The van der Waals surface area contributed by atoms with Gasteiger partial charge in [-0.05, 0) is 37.0 Å². The molecule has 134 valence electrons. The molecule has 3 amide bonds. The van der Waals surface area contributed by atoms with Gasteiger partial charge in [-0.1, -0.05) is 13.8 Å². The number of fused-ring (bicyclic) bond motifs is 1. The molecule has 7 heteroatoms. The number of ether oxygens (including phenoxy) is 1. The molecule has 1 aromatic carbocycles. The van der Waals surface area contributed by atoms with E-state index >= 15 is 0 Å². The van der Waals surface area contributed by atoms with Crippen LogP contribution in [0.1, 0.15) is 25.8 Å². The molecule has 0 spiro atoms. The van der Waals surface area contributed by atoms with Gasteiger partial charge >= 0.3 is 11.7 Å². The highest BCUT2D eigenvalue weighted by Crippen LogP contribution is 2.22. The van der Waals surface area contributed by atoms with Gasteiger partial charge in [-0.15, -0.1) is 0 Å². The smallest absolute Gasteiger partial charge is 0.336 e. The number of carbonyl (C=O) groups is 2. The van der Waals surface area contributed by atoms with Crippen LogP contribution in [0.3, 0.4) is 0 Å². The zero-order valence-electron chi connectivity index (χ0n) is 14.5. The van der Waals surface area contributed by atoms with E-state index in [0.717, 1.165) is 17.4 Å². The molecule has 0 saturated heterocycles. The standard InChI is InChI=1S/C18H22N2O5/c1-11(2)6-7-19-18(23)20-16(21)10-24-13-4-5-14-12(3)8-17(22)25-15(14)9-13/h4-5,8-9,11H,6-7,10H2,1-3H3,(H2,19,20,21,23). The summed E-state index contributed by atoms with van der Waals surface area (Å²) >= 11 is 0. The summed E-state index contributed by atoms with van der Waals surface area (Å²) < 4.78 is 10.5. The molecule has 0 atom stereocenters. The molecule has 0 aliphatic rings. The predicted molar refractivity (Wildman–Crippen MR) is 93.7 cm³/mol. The van der Waals surface area contributed by atoms with Crippen LogP contribution in [0.15, 0.2) is 33.5 Å². The third-order valence-corrected chi connectivity index (χ3v) is 3.55. The number of hydrogen-bond acceptors (Lipinski definition) is 5. The number of aryl methyl sites for hydroxylation is 1. The van der Waals surface area contributed by atoms with E-state index in [0.29, 0.717) is 23.8 Å². The average Bonchev–Trinajstić information content (AvgIpc) is 2.52. The molecule has 2 aromatic rings. The minimum absolute atomic E-state index is 0.320. The van der Waals surface area contributed by atoms with Gasteiger partial charge in [0, 0.05) is 24.1 Å². The highest BCUT2D eigenvalue weighted by molar-refractivity contribution is 5.95. The number of carbonyl (C=O) groups excluding carboxylic acids is 2. The maximum absolute atomic E-state index is 11.7. The lowest BCUT2D eigenvalue weighted by molar-refractivity contribution is -0.122. The molecule has 7 nitrogen and oxygen atoms in total. The number of benzene rings is 1. The quantitative estimate of drug-likeness (QED) is 0.783. The summed E-state index contributed by atoms with van der Waals surface area (Å²) in [4.78, 5) is 34.7. The van der Waals surface area contributed by atoms with Crippen molar-refractivity contribution in [3.05, 3.63) is 40.2 Å². The maximum atomic E-state index is 11.7. The van der Waals surface area contributed by atoms with Crippen molar-refractivity contribution in [3.63, 3.8) is 0 Å². The SMILES string of the molecule is Cc1cc(=O)oc2cc(OCC(=O)NC(=O)NCCC(C)C)ccc12. The predicted octanol–water partition coefficient (Wildman–Crippen LogP) is 2.35. The van der Waals surface area contributed by atoms with Crippen LogP contribution < -0.4 is 21.0 Å². The van der Waals surface area contributed by atoms with Gasteiger partial charge < -0.3 is 14.5 Å². The lowest BCUT2D eigenvalue weighted by atomic mass is 10.1. The van der Waals surface area contributed by atoms with E-state index in [9.17, 15) is 14.4 Å². The zero-order chi connectivity index (χ0) is 18.4. The van der Waals surface area contributed by atoms with Gasteiger partial charge in [0.05, 0.1) is 0 Å². The Morgan fingerprint density at radius 2 is 2.00 bits per heavy atom. The molecule has 2 N–H and O–H groups in total. The Morgan fingerprint density at radius 3 is 2.72 bits per heavy atom. The molecule has 0 fully saturated rings. The van der Waals surface area contributed by atoms with Crippen molar-refractivity contribution in [3.8, 4) is 5.75 Å². The van der Waals surface area contributed by atoms with Gasteiger partial charge in [-0.3, -0.25) is 10.1 Å². The van der Waals surface area contributed by atoms with Crippen molar-refractivity contribution in [1.29, 1.82) is 0 Å². The first-order valence-corrected chi connectivity index (χ1v) is 8.10. The fourth-order valence-electron chi connectivity index (χ4n) is 2.23. The number of rotatable bonds is 6. The Hall–Kier alpha value is -2.83. The Balaban J connectivity index is 1.88. The molecule has 25 heavy (non-hydrogen) atoms. The fourth-order valence-corrected chi connectivity index (χ4v) is 2.23. The monoisotopic (exact) mass is 346 g/mol. The number of imide groups is 1. The van der Waals surface area contributed by atoms with Crippen LogP contribution in [-0.4, -0.2) is 25.1 Å². The lowest BCUT2D eigenvalue weighted by Gasteiger charge is -2.09. The largest absolute Gasteiger partial charge is 0.484 e. The molecule has 0 radical (unpaired) electrons. The summed E-state index contributed by atoms with van der Waals surface area (Å²) in [6.45, 7) is 6.09. The van der Waals surface area contributed by atoms with E-state index in [1.807, 2.05) is 20.8 Å². The van der Waals surface area contributed by atoms with Crippen molar-refractivity contribution >= 4 is 22.9 Å². The van der Waals surface area contributed by atoms with E-state index in [4.69, 9.17) is 9.15 Å². The molecule has 1 heterocycles. The van der Waals surface area contributed by atoms with Crippen molar-refractivity contribution < 1.29 is 18.7 Å².